The molecule has 0 saturated carbocycles. The number of halogens is 2. The summed E-state index contributed by atoms with van der Waals surface area (Å²) in [6.07, 6.45) is 0. The Labute approximate surface area is 125 Å². The van der Waals surface area contributed by atoms with Gasteiger partial charge in [0.05, 0.1) is 4.34 Å². The van der Waals surface area contributed by atoms with Crippen molar-refractivity contribution in [2.45, 2.75) is 24.7 Å². The zero-order valence-corrected chi connectivity index (χ0v) is 13.2. The van der Waals surface area contributed by atoms with E-state index in [-0.39, 0.29) is 21.0 Å². The molecule has 0 aromatic carbocycles. The van der Waals surface area contributed by atoms with E-state index in [0.29, 0.717) is 4.34 Å². The van der Waals surface area contributed by atoms with Crippen LogP contribution in [0.2, 0.25) is 8.67 Å². The van der Waals surface area contributed by atoms with Crippen LogP contribution in [0.4, 0.5) is 5.82 Å². The summed E-state index contributed by atoms with van der Waals surface area (Å²) < 4.78 is 27.0. The van der Waals surface area contributed by atoms with Crippen molar-refractivity contribution in [2.75, 3.05) is 4.72 Å². The summed E-state index contributed by atoms with van der Waals surface area (Å²) in [7, 11) is -3.77. The normalized spacial score (nSPS) is 12.1. The Bertz CT molecular complexity index is 691. The van der Waals surface area contributed by atoms with E-state index in [0.717, 1.165) is 17.0 Å². The predicted molar refractivity (Wildman–Crippen MR) is 77.8 cm³/mol. The van der Waals surface area contributed by atoms with Crippen molar-refractivity contribution in [1.82, 2.24) is 10.2 Å². The zero-order valence-electron chi connectivity index (χ0n) is 10.1. The van der Waals surface area contributed by atoms with Gasteiger partial charge in [0.15, 0.2) is 5.82 Å². The summed E-state index contributed by atoms with van der Waals surface area (Å²) >= 11 is 12.6. The highest BCUT2D eigenvalue weighted by Crippen LogP contribution is 2.35. The molecule has 5 nitrogen and oxygen atoms in total. The molecule has 2 N–H and O–H groups in total. The van der Waals surface area contributed by atoms with Gasteiger partial charge in [0, 0.05) is 11.8 Å². The second-order valence-electron chi connectivity index (χ2n) is 4.16. The average Bonchev–Trinajstić information content (AvgIpc) is 2.85. The fourth-order valence-electron chi connectivity index (χ4n) is 1.39. The Kier molecular flexibility index (Phi) is 4.10. The minimum atomic E-state index is -3.77. The maximum Gasteiger partial charge on any atom is 0.265 e. The molecule has 0 atom stereocenters. The summed E-state index contributed by atoms with van der Waals surface area (Å²) in [5.41, 5.74) is 0.840. The second kappa shape index (κ2) is 5.32. The highest BCUT2D eigenvalue weighted by molar-refractivity contribution is 7.93. The summed E-state index contributed by atoms with van der Waals surface area (Å²) in [6.45, 7) is 3.95. The Morgan fingerprint density at radius 2 is 2.05 bits per heavy atom. The molecule has 0 bridgehead atoms. The maximum atomic E-state index is 12.1. The van der Waals surface area contributed by atoms with Gasteiger partial charge < -0.3 is 0 Å². The van der Waals surface area contributed by atoms with Gasteiger partial charge in [-0.15, -0.1) is 11.3 Å². The topological polar surface area (TPSA) is 74.8 Å². The molecule has 9 heteroatoms. The van der Waals surface area contributed by atoms with Crippen LogP contribution in [0.15, 0.2) is 17.0 Å². The number of nitrogens with zero attached hydrogens (tertiary/aromatic N) is 1. The molecule has 2 rings (SSSR count). The van der Waals surface area contributed by atoms with Crippen LogP contribution in [0.3, 0.4) is 0 Å². The van der Waals surface area contributed by atoms with Gasteiger partial charge in [-0.1, -0.05) is 37.0 Å². The fraction of sp³-hybridized carbons (Fsp3) is 0.300. The number of hydrogen-bond acceptors (Lipinski definition) is 4. The van der Waals surface area contributed by atoms with Crippen LogP contribution in [0.5, 0.6) is 0 Å². The number of hydrogen-bond donors (Lipinski definition) is 2. The van der Waals surface area contributed by atoms with E-state index in [1.54, 1.807) is 6.07 Å². The Hall–Kier alpha value is -0.760. The number of sulfonamides is 1. The lowest BCUT2D eigenvalue weighted by Gasteiger charge is -2.03. The van der Waals surface area contributed by atoms with Crippen LogP contribution in [0.25, 0.3) is 0 Å². The summed E-state index contributed by atoms with van der Waals surface area (Å²) in [4.78, 5) is -0.0433. The molecule has 0 unspecified atom stereocenters. The summed E-state index contributed by atoms with van der Waals surface area (Å²) in [5.74, 6) is 0.451. The first-order valence-electron chi connectivity index (χ1n) is 5.32. The Balaban J connectivity index is 2.28. The van der Waals surface area contributed by atoms with Crippen molar-refractivity contribution in [3.63, 3.8) is 0 Å². The third kappa shape index (κ3) is 3.22. The van der Waals surface area contributed by atoms with Crippen LogP contribution in [0.1, 0.15) is 25.5 Å². The van der Waals surface area contributed by atoms with E-state index in [9.17, 15) is 8.42 Å². The molecule has 0 aliphatic heterocycles. The molecular weight excluding hydrogens is 329 g/mol. The molecule has 0 aliphatic carbocycles. The van der Waals surface area contributed by atoms with Crippen LogP contribution in [0, 0.1) is 0 Å². The van der Waals surface area contributed by atoms with E-state index >= 15 is 0 Å². The van der Waals surface area contributed by atoms with Gasteiger partial charge in [-0.2, -0.15) is 5.10 Å². The minimum Gasteiger partial charge on any atom is -0.280 e. The molecule has 2 aromatic rings. The standard InChI is InChI=1S/C10H11Cl2N3O2S2/c1-5(2)6-3-9(14-13-6)15-19(16,17)7-4-8(11)18-10(7)12/h3-5H,1-2H3,(H2,13,14,15). The maximum absolute atomic E-state index is 12.1. The molecule has 104 valence electrons. The average molecular weight is 340 g/mol. The van der Waals surface area contributed by atoms with Crippen LogP contribution < -0.4 is 4.72 Å². The van der Waals surface area contributed by atoms with Gasteiger partial charge in [0.2, 0.25) is 0 Å². The molecule has 0 aliphatic rings. The van der Waals surface area contributed by atoms with Gasteiger partial charge in [-0.05, 0) is 12.0 Å². The van der Waals surface area contributed by atoms with Crippen molar-refractivity contribution in [1.29, 1.82) is 0 Å². The van der Waals surface area contributed by atoms with Crippen LogP contribution >= 0.6 is 34.5 Å². The molecule has 0 saturated heterocycles. The predicted octanol–water partition coefficient (Wildman–Crippen LogP) is 3.70. The minimum absolute atomic E-state index is 0.0433. The van der Waals surface area contributed by atoms with Crippen LogP contribution in [-0.4, -0.2) is 18.6 Å². The highest BCUT2D eigenvalue weighted by Gasteiger charge is 2.22. The smallest absolute Gasteiger partial charge is 0.265 e. The third-order valence-corrected chi connectivity index (χ3v) is 5.48. The largest absolute Gasteiger partial charge is 0.280 e. The van der Waals surface area contributed by atoms with Gasteiger partial charge >= 0.3 is 0 Å². The van der Waals surface area contributed by atoms with Gasteiger partial charge in [0.25, 0.3) is 10.0 Å². The number of anilines is 1. The van der Waals surface area contributed by atoms with Gasteiger partial charge in [0.1, 0.15) is 9.23 Å². The van der Waals surface area contributed by atoms with E-state index in [2.05, 4.69) is 14.9 Å². The Morgan fingerprint density at radius 1 is 1.37 bits per heavy atom. The molecule has 2 heterocycles. The number of aromatic amines is 1. The zero-order chi connectivity index (χ0) is 14.2. The highest BCUT2D eigenvalue weighted by atomic mass is 35.5. The summed E-state index contributed by atoms with van der Waals surface area (Å²) in [6, 6.07) is 2.96. The number of rotatable bonds is 4. The van der Waals surface area contributed by atoms with Crippen molar-refractivity contribution in [3.05, 3.63) is 26.5 Å². The number of aromatic nitrogens is 2. The molecule has 0 spiro atoms. The van der Waals surface area contributed by atoms with Gasteiger partial charge in [-0.3, -0.25) is 9.82 Å². The summed E-state index contributed by atoms with van der Waals surface area (Å²) in [5, 5.41) is 6.66. The molecule has 0 radical (unpaired) electrons. The molecular formula is C10H11Cl2N3O2S2. The molecule has 0 amide bonds. The molecule has 2 aromatic heterocycles. The SMILES string of the molecule is CC(C)c1cc(NS(=O)(=O)c2cc(Cl)sc2Cl)n[nH]1. The monoisotopic (exact) mass is 339 g/mol. The van der Waals surface area contributed by atoms with E-state index in [1.165, 1.54) is 6.07 Å². The molecule has 0 fully saturated rings. The van der Waals surface area contributed by atoms with Crippen molar-refractivity contribution in [2.24, 2.45) is 0 Å². The first kappa shape index (κ1) is 14.6. The number of thiophene rings is 1. The van der Waals surface area contributed by atoms with E-state index < -0.39 is 10.0 Å². The fourth-order valence-corrected chi connectivity index (χ4v) is 4.53. The third-order valence-electron chi connectivity index (χ3n) is 2.37. The van der Waals surface area contributed by atoms with Gasteiger partial charge in [-0.25, -0.2) is 8.42 Å². The van der Waals surface area contributed by atoms with E-state index in [4.69, 9.17) is 23.2 Å². The lowest BCUT2D eigenvalue weighted by Crippen LogP contribution is -2.12. The number of H-pyrrole nitrogens is 1. The quantitative estimate of drug-likeness (QED) is 0.891. The van der Waals surface area contributed by atoms with Crippen molar-refractivity contribution in [3.8, 4) is 0 Å². The first-order chi connectivity index (χ1) is 8.79. The first-order valence-corrected chi connectivity index (χ1v) is 8.38. The Morgan fingerprint density at radius 3 is 2.53 bits per heavy atom. The lowest BCUT2D eigenvalue weighted by atomic mass is 10.1. The second-order valence-corrected chi connectivity index (χ2v) is 8.09. The molecule has 19 heavy (non-hydrogen) atoms. The lowest BCUT2D eigenvalue weighted by molar-refractivity contribution is 0.601. The van der Waals surface area contributed by atoms with Crippen LogP contribution in [-0.2, 0) is 10.0 Å². The van der Waals surface area contributed by atoms with Crippen molar-refractivity contribution < 1.29 is 8.42 Å². The number of nitrogens with one attached hydrogen (secondary N) is 2. The van der Waals surface area contributed by atoms with E-state index in [1.807, 2.05) is 13.8 Å². The van der Waals surface area contributed by atoms with Crippen molar-refractivity contribution >= 4 is 50.4 Å².